The Morgan fingerprint density at radius 3 is 2.55 bits per heavy atom. The molecule has 0 fully saturated rings. The Balaban J connectivity index is 2.03. The van der Waals surface area contributed by atoms with Crippen LogP contribution < -0.4 is 5.32 Å². The van der Waals surface area contributed by atoms with Crippen LogP contribution in [0, 0.1) is 0 Å². The molecule has 3 rings (SSSR count). The van der Waals surface area contributed by atoms with Crippen molar-refractivity contribution < 1.29 is 14.7 Å². The van der Waals surface area contributed by atoms with Crippen LogP contribution in [0.1, 0.15) is 38.7 Å². The van der Waals surface area contributed by atoms with Crippen LogP contribution in [-0.4, -0.2) is 16.9 Å². The Kier molecular flexibility index (Phi) is 2.99. The lowest BCUT2D eigenvalue weighted by Crippen LogP contribution is -2.25. The summed E-state index contributed by atoms with van der Waals surface area (Å²) in [5, 5.41) is 12.4. The second kappa shape index (κ2) is 4.81. The lowest BCUT2D eigenvalue weighted by atomic mass is 9.89. The van der Waals surface area contributed by atoms with Crippen LogP contribution in [0.5, 0.6) is 0 Å². The third kappa shape index (κ3) is 2.05. The molecule has 1 unspecified atom stereocenters. The Morgan fingerprint density at radius 1 is 1.10 bits per heavy atom. The standard InChI is InChI=1S/C16H13NO3/c18-14-9-13(10-5-2-1-3-6-10)17-12-8-4-7-11(15(12)14)16(19)20/h1-8,13,17H,9H2,(H,19,20). The predicted octanol–water partition coefficient (Wildman–Crippen LogP) is 3.12. The van der Waals surface area contributed by atoms with Gasteiger partial charge in [0.05, 0.1) is 17.2 Å². The zero-order valence-electron chi connectivity index (χ0n) is 10.7. The molecule has 0 amide bonds. The molecule has 0 bridgehead atoms. The zero-order valence-corrected chi connectivity index (χ0v) is 10.7. The molecule has 1 atom stereocenters. The normalized spacial score (nSPS) is 17.2. The maximum Gasteiger partial charge on any atom is 0.336 e. The number of carboxylic acid groups (broad SMARTS) is 1. The van der Waals surface area contributed by atoms with Gasteiger partial charge >= 0.3 is 5.97 Å². The van der Waals surface area contributed by atoms with Crippen LogP contribution >= 0.6 is 0 Å². The highest BCUT2D eigenvalue weighted by Crippen LogP contribution is 2.34. The van der Waals surface area contributed by atoms with Crippen molar-refractivity contribution in [3.05, 3.63) is 65.2 Å². The topological polar surface area (TPSA) is 66.4 Å². The molecule has 0 saturated carbocycles. The Morgan fingerprint density at radius 2 is 1.85 bits per heavy atom. The molecule has 0 radical (unpaired) electrons. The fourth-order valence-electron chi connectivity index (χ4n) is 2.56. The molecule has 0 aliphatic carbocycles. The number of carboxylic acids is 1. The number of anilines is 1. The van der Waals surface area contributed by atoms with Crippen molar-refractivity contribution in [2.24, 2.45) is 0 Å². The maximum atomic E-state index is 12.3. The van der Waals surface area contributed by atoms with Gasteiger partial charge in [-0.15, -0.1) is 0 Å². The summed E-state index contributed by atoms with van der Waals surface area (Å²) in [5.41, 5.74) is 1.96. The molecular formula is C16H13NO3. The van der Waals surface area contributed by atoms with Gasteiger partial charge < -0.3 is 10.4 Å². The molecule has 0 spiro atoms. The van der Waals surface area contributed by atoms with Crippen LogP contribution in [0.3, 0.4) is 0 Å². The van der Waals surface area contributed by atoms with E-state index in [4.69, 9.17) is 5.11 Å². The summed E-state index contributed by atoms with van der Waals surface area (Å²) >= 11 is 0. The van der Waals surface area contributed by atoms with E-state index in [0.29, 0.717) is 5.69 Å². The molecule has 2 N–H and O–H groups in total. The van der Waals surface area contributed by atoms with Crippen molar-refractivity contribution in [3.63, 3.8) is 0 Å². The van der Waals surface area contributed by atoms with Gasteiger partial charge in [-0.05, 0) is 17.7 Å². The highest BCUT2D eigenvalue weighted by atomic mass is 16.4. The second-order valence-electron chi connectivity index (χ2n) is 4.77. The first-order chi connectivity index (χ1) is 9.66. The SMILES string of the molecule is O=C(O)c1cccc2c1C(=O)CC(c1ccccc1)N2. The zero-order chi connectivity index (χ0) is 14.1. The molecule has 4 nitrogen and oxygen atoms in total. The average Bonchev–Trinajstić information content (AvgIpc) is 2.47. The van der Waals surface area contributed by atoms with Crippen molar-refractivity contribution in [1.82, 2.24) is 0 Å². The first-order valence-corrected chi connectivity index (χ1v) is 6.38. The van der Waals surface area contributed by atoms with E-state index in [2.05, 4.69) is 5.32 Å². The summed E-state index contributed by atoms with van der Waals surface area (Å²) in [6, 6.07) is 14.4. The van der Waals surface area contributed by atoms with Crippen molar-refractivity contribution in [3.8, 4) is 0 Å². The van der Waals surface area contributed by atoms with E-state index in [9.17, 15) is 9.59 Å². The Bertz CT molecular complexity index is 679. The molecule has 0 aromatic heterocycles. The summed E-state index contributed by atoms with van der Waals surface area (Å²) in [6.45, 7) is 0. The number of carbonyl (C=O) groups excluding carboxylic acids is 1. The number of ketones is 1. The van der Waals surface area contributed by atoms with Gasteiger partial charge in [0.25, 0.3) is 0 Å². The molecule has 2 aromatic rings. The van der Waals surface area contributed by atoms with E-state index < -0.39 is 5.97 Å². The number of hydrogen-bond acceptors (Lipinski definition) is 3. The molecule has 4 heteroatoms. The highest BCUT2D eigenvalue weighted by molar-refractivity contribution is 6.11. The van der Waals surface area contributed by atoms with E-state index in [1.54, 1.807) is 12.1 Å². The summed E-state index contributed by atoms with van der Waals surface area (Å²) < 4.78 is 0. The van der Waals surface area contributed by atoms with Gasteiger partial charge in [0.15, 0.2) is 5.78 Å². The van der Waals surface area contributed by atoms with Crippen LogP contribution in [-0.2, 0) is 0 Å². The molecule has 1 aliphatic heterocycles. The first-order valence-electron chi connectivity index (χ1n) is 6.38. The minimum Gasteiger partial charge on any atom is -0.478 e. The van der Waals surface area contributed by atoms with E-state index in [1.807, 2.05) is 30.3 Å². The van der Waals surface area contributed by atoms with Gasteiger partial charge in [0, 0.05) is 12.1 Å². The van der Waals surface area contributed by atoms with Gasteiger partial charge in [0.2, 0.25) is 0 Å². The number of carbonyl (C=O) groups is 2. The number of hydrogen-bond donors (Lipinski definition) is 2. The predicted molar refractivity (Wildman–Crippen MR) is 75.2 cm³/mol. The van der Waals surface area contributed by atoms with Crippen LogP contribution in [0.25, 0.3) is 0 Å². The van der Waals surface area contributed by atoms with E-state index >= 15 is 0 Å². The summed E-state index contributed by atoms with van der Waals surface area (Å²) in [6.07, 6.45) is 0.265. The van der Waals surface area contributed by atoms with E-state index in [1.165, 1.54) is 6.07 Å². The lowest BCUT2D eigenvalue weighted by Gasteiger charge is -2.27. The monoisotopic (exact) mass is 267 g/mol. The molecule has 0 saturated heterocycles. The van der Waals surface area contributed by atoms with Gasteiger partial charge in [-0.2, -0.15) is 0 Å². The minimum absolute atomic E-state index is 0.0616. The van der Waals surface area contributed by atoms with Crippen molar-refractivity contribution in [1.29, 1.82) is 0 Å². The van der Waals surface area contributed by atoms with Crippen molar-refractivity contribution >= 4 is 17.4 Å². The Hall–Kier alpha value is -2.62. The molecule has 1 heterocycles. The maximum absolute atomic E-state index is 12.3. The number of Topliss-reactive ketones (excluding diaryl/α,β-unsaturated/α-hetero) is 1. The summed E-state index contributed by atoms with van der Waals surface area (Å²) in [5.74, 6) is -1.21. The number of aromatic carboxylic acids is 1. The van der Waals surface area contributed by atoms with Gasteiger partial charge in [-0.3, -0.25) is 4.79 Å². The van der Waals surface area contributed by atoms with Gasteiger partial charge in [0.1, 0.15) is 0 Å². The number of fused-ring (bicyclic) bond motifs is 1. The summed E-state index contributed by atoms with van der Waals surface area (Å²) in [4.78, 5) is 23.5. The van der Waals surface area contributed by atoms with E-state index in [-0.39, 0.29) is 29.4 Å². The van der Waals surface area contributed by atoms with Gasteiger partial charge in [-0.25, -0.2) is 4.79 Å². The Labute approximate surface area is 116 Å². The number of rotatable bonds is 2. The smallest absolute Gasteiger partial charge is 0.336 e. The molecule has 1 aliphatic rings. The third-order valence-corrected chi connectivity index (χ3v) is 3.49. The number of benzene rings is 2. The molecule has 2 aromatic carbocycles. The number of nitrogens with one attached hydrogen (secondary N) is 1. The van der Waals surface area contributed by atoms with Gasteiger partial charge in [-0.1, -0.05) is 36.4 Å². The first kappa shape index (κ1) is 12.4. The summed E-state index contributed by atoms with van der Waals surface area (Å²) in [7, 11) is 0. The van der Waals surface area contributed by atoms with E-state index in [0.717, 1.165) is 5.56 Å². The second-order valence-corrected chi connectivity index (χ2v) is 4.77. The van der Waals surface area contributed by atoms with Crippen LogP contribution in [0.2, 0.25) is 0 Å². The van der Waals surface area contributed by atoms with Crippen LogP contribution in [0.15, 0.2) is 48.5 Å². The fraction of sp³-hybridized carbons (Fsp3) is 0.125. The minimum atomic E-state index is -1.07. The molecule has 100 valence electrons. The average molecular weight is 267 g/mol. The van der Waals surface area contributed by atoms with Crippen molar-refractivity contribution in [2.75, 3.05) is 5.32 Å². The van der Waals surface area contributed by atoms with Crippen molar-refractivity contribution in [2.45, 2.75) is 12.5 Å². The highest BCUT2D eigenvalue weighted by Gasteiger charge is 2.29. The largest absolute Gasteiger partial charge is 0.478 e. The quantitative estimate of drug-likeness (QED) is 0.877. The molecule has 20 heavy (non-hydrogen) atoms. The molecular weight excluding hydrogens is 254 g/mol. The van der Waals surface area contributed by atoms with Crippen LogP contribution in [0.4, 0.5) is 5.69 Å². The lowest BCUT2D eigenvalue weighted by molar-refractivity contribution is 0.0691. The fourth-order valence-corrected chi connectivity index (χ4v) is 2.56. The third-order valence-electron chi connectivity index (χ3n) is 3.49.